The molecule has 2 aromatic rings. The summed E-state index contributed by atoms with van der Waals surface area (Å²) in [4.78, 5) is 0. The molecular formula is C18H23NO2. The Hall–Kier alpha value is -2.00. The van der Waals surface area contributed by atoms with Crippen LogP contribution < -0.4 is 15.2 Å². The van der Waals surface area contributed by atoms with Gasteiger partial charge in [-0.3, -0.25) is 0 Å². The molecule has 21 heavy (non-hydrogen) atoms. The van der Waals surface area contributed by atoms with Crippen LogP contribution in [0.15, 0.2) is 42.5 Å². The van der Waals surface area contributed by atoms with Crippen LogP contribution in [-0.2, 0) is 6.42 Å². The fourth-order valence-electron chi connectivity index (χ4n) is 2.47. The number of benzene rings is 2. The van der Waals surface area contributed by atoms with Gasteiger partial charge in [0.2, 0.25) is 0 Å². The summed E-state index contributed by atoms with van der Waals surface area (Å²) in [6, 6.07) is 14.2. The van der Waals surface area contributed by atoms with Gasteiger partial charge in [0.05, 0.1) is 14.2 Å². The molecule has 3 nitrogen and oxygen atoms in total. The molecule has 112 valence electrons. The topological polar surface area (TPSA) is 44.5 Å². The summed E-state index contributed by atoms with van der Waals surface area (Å²) in [6.45, 7) is 2.11. The summed E-state index contributed by atoms with van der Waals surface area (Å²) in [5.74, 6) is 1.62. The third-order valence-electron chi connectivity index (χ3n) is 3.66. The van der Waals surface area contributed by atoms with Crippen molar-refractivity contribution in [3.05, 3.63) is 59.2 Å². The summed E-state index contributed by atoms with van der Waals surface area (Å²) in [5, 5.41) is 0. The van der Waals surface area contributed by atoms with Gasteiger partial charge in [0.25, 0.3) is 0 Å². The van der Waals surface area contributed by atoms with Crippen LogP contribution >= 0.6 is 0 Å². The monoisotopic (exact) mass is 285 g/mol. The second-order valence-electron chi connectivity index (χ2n) is 5.24. The first-order valence-corrected chi connectivity index (χ1v) is 7.17. The standard InChI is InChI=1S/C18H23NO2/c1-13-5-4-6-14(11-13)7-9-17(19)16-12-15(20-2)8-10-18(16)21-3/h4-6,8,10-12,17H,7,9,19H2,1-3H3. The molecule has 0 heterocycles. The molecule has 0 saturated carbocycles. The lowest BCUT2D eigenvalue weighted by Gasteiger charge is -2.17. The largest absolute Gasteiger partial charge is 0.497 e. The van der Waals surface area contributed by atoms with E-state index in [1.165, 1.54) is 11.1 Å². The molecule has 0 aliphatic carbocycles. The van der Waals surface area contributed by atoms with Crippen molar-refractivity contribution in [2.45, 2.75) is 25.8 Å². The van der Waals surface area contributed by atoms with Crippen LogP contribution in [0.5, 0.6) is 11.5 Å². The molecule has 2 rings (SSSR count). The van der Waals surface area contributed by atoms with Crippen molar-refractivity contribution in [2.24, 2.45) is 5.73 Å². The van der Waals surface area contributed by atoms with Crippen molar-refractivity contribution in [1.29, 1.82) is 0 Å². The van der Waals surface area contributed by atoms with E-state index in [0.29, 0.717) is 0 Å². The molecule has 0 bridgehead atoms. The summed E-state index contributed by atoms with van der Waals surface area (Å²) >= 11 is 0. The SMILES string of the molecule is COc1ccc(OC)c(C(N)CCc2cccc(C)c2)c1. The van der Waals surface area contributed by atoms with E-state index in [-0.39, 0.29) is 6.04 Å². The van der Waals surface area contributed by atoms with Gasteiger partial charge in [-0.05, 0) is 43.5 Å². The molecule has 0 amide bonds. The van der Waals surface area contributed by atoms with Crippen molar-refractivity contribution < 1.29 is 9.47 Å². The van der Waals surface area contributed by atoms with Crippen LogP contribution in [0.4, 0.5) is 0 Å². The number of ether oxygens (including phenoxy) is 2. The van der Waals surface area contributed by atoms with Crippen LogP contribution in [0, 0.1) is 6.92 Å². The van der Waals surface area contributed by atoms with Gasteiger partial charge in [-0.25, -0.2) is 0 Å². The number of rotatable bonds is 6. The molecular weight excluding hydrogens is 262 g/mol. The highest BCUT2D eigenvalue weighted by Gasteiger charge is 2.13. The maximum Gasteiger partial charge on any atom is 0.123 e. The van der Waals surface area contributed by atoms with Gasteiger partial charge >= 0.3 is 0 Å². The first-order valence-electron chi connectivity index (χ1n) is 7.17. The highest BCUT2D eigenvalue weighted by molar-refractivity contribution is 5.42. The minimum absolute atomic E-state index is 0.0736. The molecule has 0 fully saturated rings. The molecule has 0 saturated heterocycles. The van der Waals surface area contributed by atoms with Gasteiger partial charge in [-0.1, -0.05) is 29.8 Å². The number of hydrogen-bond donors (Lipinski definition) is 1. The quantitative estimate of drug-likeness (QED) is 0.881. The highest BCUT2D eigenvalue weighted by atomic mass is 16.5. The molecule has 2 aromatic carbocycles. The normalized spacial score (nSPS) is 12.0. The predicted octanol–water partition coefficient (Wildman–Crippen LogP) is 3.64. The molecule has 0 aliphatic heterocycles. The first kappa shape index (κ1) is 15.4. The van der Waals surface area contributed by atoms with E-state index in [1.54, 1.807) is 14.2 Å². The van der Waals surface area contributed by atoms with Crippen molar-refractivity contribution in [2.75, 3.05) is 14.2 Å². The van der Waals surface area contributed by atoms with Crippen molar-refractivity contribution in [3.63, 3.8) is 0 Å². The molecule has 1 atom stereocenters. The third kappa shape index (κ3) is 3.99. The minimum atomic E-state index is -0.0736. The van der Waals surface area contributed by atoms with Crippen LogP contribution in [0.25, 0.3) is 0 Å². The van der Waals surface area contributed by atoms with E-state index in [1.807, 2.05) is 18.2 Å². The van der Waals surface area contributed by atoms with E-state index in [4.69, 9.17) is 15.2 Å². The van der Waals surface area contributed by atoms with Gasteiger partial charge in [0, 0.05) is 11.6 Å². The summed E-state index contributed by atoms with van der Waals surface area (Å²) in [5.41, 5.74) is 9.93. The zero-order chi connectivity index (χ0) is 15.2. The summed E-state index contributed by atoms with van der Waals surface area (Å²) in [7, 11) is 3.32. The second-order valence-corrected chi connectivity index (χ2v) is 5.24. The lowest BCUT2D eigenvalue weighted by Crippen LogP contribution is -2.13. The van der Waals surface area contributed by atoms with Crippen molar-refractivity contribution in [1.82, 2.24) is 0 Å². The molecule has 0 aromatic heterocycles. The van der Waals surface area contributed by atoms with Gasteiger partial charge in [0.1, 0.15) is 11.5 Å². The number of methoxy groups -OCH3 is 2. The van der Waals surface area contributed by atoms with Crippen molar-refractivity contribution in [3.8, 4) is 11.5 Å². The van der Waals surface area contributed by atoms with E-state index < -0.39 is 0 Å². The van der Waals surface area contributed by atoms with Gasteiger partial charge in [-0.15, -0.1) is 0 Å². The summed E-state index contributed by atoms with van der Waals surface area (Å²) < 4.78 is 10.7. The Labute approximate surface area is 126 Å². The zero-order valence-corrected chi connectivity index (χ0v) is 12.9. The number of aryl methyl sites for hydroxylation is 2. The Kier molecular flexibility index (Phi) is 5.23. The van der Waals surface area contributed by atoms with Crippen LogP contribution in [0.1, 0.15) is 29.2 Å². The summed E-state index contributed by atoms with van der Waals surface area (Å²) in [6.07, 6.45) is 1.82. The smallest absolute Gasteiger partial charge is 0.123 e. The molecule has 0 radical (unpaired) electrons. The molecule has 2 N–H and O–H groups in total. The maximum atomic E-state index is 6.35. The van der Waals surface area contributed by atoms with Crippen LogP contribution in [-0.4, -0.2) is 14.2 Å². The zero-order valence-electron chi connectivity index (χ0n) is 12.9. The fraction of sp³-hybridized carbons (Fsp3) is 0.333. The minimum Gasteiger partial charge on any atom is -0.497 e. The fourth-order valence-corrected chi connectivity index (χ4v) is 2.47. The molecule has 0 aliphatic rings. The Balaban J connectivity index is 2.10. The van der Waals surface area contributed by atoms with Gasteiger partial charge in [-0.2, -0.15) is 0 Å². The average molecular weight is 285 g/mol. The number of hydrogen-bond acceptors (Lipinski definition) is 3. The lowest BCUT2D eigenvalue weighted by molar-refractivity contribution is 0.394. The van der Waals surface area contributed by atoms with Crippen molar-refractivity contribution >= 4 is 0 Å². The first-order chi connectivity index (χ1) is 10.1. The highest BCUT2D eigenvalue weighted by Crippen LogP contribution is 2.30. The van der Waals surface area contributed by atoms with E-state index in [9.17, 15) is 0 Å². The average Bonchev–Trinajstić information content (AvgIpc) is 2.52. The predicted molar refractivity (Wildman–Crippen MR) is 86.0 cm³/mol. The van der Waals surface area contributed by atoms with E-state index in [0.717, 1.165) is 29.9 Å². The maximum absolute atomic E-state index is 6.35. The Morgan fingerprint density at radius 3 is 2.52 bits per heavy atom. The third-order valence-corrected chi connectivity index (χ3v) is 3.66. The second kappa shape index (κ2) is 7.14. The van der Waals surface area contributed by atoms with E-state index >= 15 is 0 Å². The van der Waals surface area contributed by atoms with Gasteiger partial charge < -0.3 is 15.2 Å². The molecule has 3 heteroatoms. The lowest BCUT2D eigenvalue weighted by atomic mass is 9.98. The van der Waals surface area contributed by atoms with Crippen LogP contribution in [0.2, 0.25) is 0 Å². The molecule has 0 spiro atoms. The molecule has 1 unspecified atom stereocenters. The number of nitrogens with two attached hydrogens (primary N) is 1. The van der Waals surface area contributed by atoms with E-state index in [2.05, 4.69) is 31.2 Å². The Bertz CT molecular complexity index is 596. The Morgan fingerprint density at radius 2 is 1.86 bits per heavy atom. The van der Waals surface area contributed by atoms with Crippen LogP contribution in [0.3, 0.4) is 0 Å². The van der Waals surface area contributed by atoms with Gasteiger partial charge in [0.15, 0.2) is 0 Å². The Morgan fingerprint density at radius 1 is 1.05 bits per heavy atom.